The molecule has 6 aliphatic rings. The lowest BCUT2D eigenvalue weighted by atomic mass is 9.48. The molecule has 5 fully saturated rings. The van der Waals surface area contributed by atoms with E-state index >= 15 is 0 Å². The van der Waals surface area contributed by atoms with Crippen molar-refractivity contribution in [2.45, 2.75) is 63.3 Å². The summed E-state index contributed by atoms with van der Waals surface area (Å²) in [6.07, 6.45) is 10.2. The number of carbonyl (C=O) groups is 1. The third kappa shape index (κ3) is 2.25. The van der Waals surface area contributed by atoms with Crippen molar-refractivity contribution in [2.75, 3.05) is 19.8 Å². The number of nitrogens with one attached hydrogen (secondary N) is 1. The summed E-state index contributed by atoms with van der Waals surface area (Å²) in [6.45, 7) is 2.93. The molecule has 5 heteroatoms. The summed E-state index contributed by atoms with van der Waals surface area (Å²) in [5, 5.41) is 8.26. The average Bonchev–Trinajstić information content (AvgIpc) is 3.29. The van der Waals surface area contributed by atoms with Gasteiger partial charge in [-0.05, 0) is 62.7 Å². The molecule has 1 N–H and O–H groups in total. The Hall–Kier alpha value is -1.36. The lowest BCUT2D eigenvalue weighted by Crippen LogP contribution is -2.49. The Morgan fingerprint density at radius 1 is 1.15 bits per heavy atom. The van der Waals surface area contributed by atoms with Gasteiger partial charge in [0, 0.05) is 42.8 Å². The number of amides is 1. The number of carbonyl (C=O) groups excluding carboxylic acids is 1. The van der Waals surface area contributed by atoms with Crippen molar-refractivity contribution >= 4 is 5.91 Å². The van der Waals surface area contributed by atoms with Gasteiger partial charge in [0.1, 0.15) is 0 Å². The Labute approximate surface area is 154 Å². The van der Waals surface area contributed by atoms with Crippen LogP contribution in [0.25, 0.3) is 0 Å². The third-order valence-electron chi connectivity index (χ3n) is 8.06. The van der Waals surface area contributed by atoms with Crippen LogP contribution >= 0.6 is 0 Å². The molecular formula is C21H29N3O2. The van der Waals surface area contributed by atoms with Crippen molar-refractivity contribution in [3.63, 3.8) is 0 Å². The average molecular weight is 355 g/mol. The number of hydrogen-bond acceptors (Lipinski definition) is 3. The Morgan fingerprint density at radius 2 is 1.88 bits per heavy atom. The van der Waals surface area contributed by atoms with Crippen LogP contribution in [-0.4, -0.2) is 40.8 Å². The van der Waals surface area contributed by atoms with Crippen molar-refractivity contribution < 1.29 is 9.53 Å². The molecule has 4 aliphatic carbocycles. The standard InChI is InChI=1S/C21H29N3O2/c25-20(16-2-4-26-12-16)24-3-1-18-17(11-24)19(23-22-18)21-8-13-5-14(9-21)7-15(6-13)10-21/h13-16H,1-12H2,(H,22,23)/t13?,14?,15?,16-,21?/m0/s1. The second kappa shape index (κ2) is 5.57. The first-order valence-corrected chi connectivity index (χ1v) is 10.6. The lowest BCUT2D eigenvalue weighted by molar-refractivity contribution is -0.136. The highest BCUT2D eigenvalue weighted by molar-refractivity contribution is 5.79. The van der Waals surface area contributed by atoms with Gasteiger partial charge in [0.2, 0.25) is 5.91 Å². The van der Waals surface area contributed by atoms with E-state index in [1.807, 2.05) is 0 Å². The second-order valence-corrected chi connectivity index (χ2v) is 9.80. The van der Waals surface area contributed by atoms with Crippen molar-refractivity contribution in [3.05, 3.63) is 17.0 Å². The molecule has 140 valence electrons. The van der Waals surface area contributed by atoms with Crippen LogP contribution in [-0.2, 0) is 27.9 Å². The fourth-order valence-corrected chi connectivity index (χ4v) is 7.31. The largest absolute Gasteiger partial charge is 0.381 e. The molecule has 4 saturated carbocycles. The van der Waals surface area contributed by atoms with Crippen LogP contribution in [0.5, 0.6) is 0 Å². The summed E-state index contributed by atoms with van der Waals surface area (Å²) in [5.41, 5.74) is 4.31. The van der Waals surface area contributed by atoms with Gasteiger partial charge < -0.3 is 9.64 Å². The molecule has 1 atom stereocenters. The molecule has 2 aliphatic heterocycles. The first kappa shape index (κ1) is 15.7. The highest BCUT2D eigenvalue weighted by Gasteiger charge is 2.53. The van der Waals surface area contributed by atoms with Crippen molar-refractivity contribution in [3.8, 4) is 0 Å². The normalized spacial score (nSPS) is 40.8. The topological polar surface area (TPSA) is 58.2 Å². The molecule has 1 aromatic heterocycles. The van der Waals surface area contributed by atoms with Gasteiger partial charge in [-0.3, -0.25) is 9.89 Å². The molecule has 4 bridgehead atoms. The molecule has 1 aromatic rings. The van der Waals surface area contributed by atoms with Crippen LogP contribution in [0.15, 0.2) is 0 Å². The second-order valence-electron chi connectivity index (χ2n) is 9.80. The Bertz CT molecular complexity index is 698. The summed E-state index contributed by atoms with van der Waals surface area (Å²) < 4.78 is 5.45. The zero-order valence-electron chi connectivity index (χ0n) is 15.5. The van der Waals surface area contributed by atoms with Gasteiger partial charge in [-0.25, -0.2) is 0 Å². The van der Waals surface area contributed by atoms with E-state index in [0.717, 1.165) is 50.3 Å². The van der Waals surface area contributed by atoms with E-state index in [9.17, 15) is 4.79 Å². The minimum absolute atomic E-state index is 0.0754. The highest BCUT2D eigenvalue weighted by Crippen LogP contribution is 2.61. The Balaban J connectivity index is 1.30. The van der Waals surface area contributed by atoms with E-state index in [1.54, 1.807) is 0 Å². The molecule has 0 radical (unpaired) electrons. The van der Waals surface area contributed by atoms with Crippen LogP contribution < -0.4 is 0 Å². The SMILES string of the molecule is O=C([C@H]1CCOC1)N1CCc2[nH]nc(C34CC5CC(CC(C5)C3)C4)c2C1. The number of rotatable bonds is 2. The molecule has 1 saturated heterocycles. The molecule has 1 amide bonds. The zero-order chi connectivity index (χ0) is 17.3. The number of ether oxygens (including phenoxy) is 1. The van der Waals surface area contributed by atoms with Gasteiger partial charge in [0.05, 0.1) is 18.2 Å². The molecular weight excluding hydrogens is 326 g/mol. The van der Waals surface area contributed by atoms with E-state index < -0.39 is 0 Å². The monoisotopic (exact) mass is 355 g/mol. The summed E-state index contributed by atoms with van der Waals surface area (Å²) in [4.78, 5) is 15.0. The maximum atomic E-state index is 12.9. The minimum Gasteiger partial charge on any atom is -0.381 e. The molecule has 26 heavy (non-hydrogen) atoms. The summed E-state index contributed by atoms with van der Waals surface area (Å²) in [5.74, 6) is 3.14. The van der Waals surface area contributed by atoms with Gasteiger partial charge in [-0.15, -0.1) is 0 Å². The van der Waals surface area contributed by atoms with Crippen LogP contribution in [0, 0.1) is 23.7 Å². The molecule has 3 heterocycles. The molecule has 7 rings (SSSR count). The molecule has 0 spiro atoms. The van der Waals surface area contributed by atoms with Crippen molar-refractivity contribution in [1.29, 1.82) is 0 Å². The van der Waals surface area contributed by atoms with Crippen LogP contribution in [0.4, 0.5) is 0 Å². The maximum absolute atomic E-state index is 12.9. The third-order valence-corrected chi connectivity index (χ3v) is 8.06. The van der Waals surface area contributed by atoms with E-state index in [4.69, 9.17) is 9.84 Å². The number of aromatic nitrogens is 2. The number of H-pyrrole nitrogens is 1. The summed E-state index contributed by atoms with van der Waals surface area (Å²) >= 11 is 0. The van der Waals surface area contributed by atoms with Crippen LogP contribution in [0.2, 0.25) is 0 Å². The van der Waals surface area contributed by atoms with Crippen LogP contribution in [0.1, 0.15) is 61.9 Å². The summed E-state index contributed by atoms with van der Waals surface area (Å²) in [7, 11) is 0. The lowest BCUT2D eigenvalue weighted by Gasteiger charge is -2.56. The number of hydrogen-bond donors (Lipinski definition) is 1. The molecule has 5 nitrogen and oxygen atoms in total. The maximum Gasteiger partial charge on any atom is 0.228 e. The van der Waals surface area contributed by atoms with E-state index in [1.165, 1.54) is 55.5 Å². The van der Waals surface area contributed by atoms with E-state index in [2.05, 4.69) is 10.00 Å². The fraction of sp³-hybridized carbons (Fsp3) is 0.810. The number of aromatic amines is 1. The van der Waals surface area contributed by atoms with E-state index in [-0.39, 0.29) is 5.92 Å². The molecule has 0 aromatic carbocycles. The van der Waals surface area contributed by atoms with Gasteiger partial charge >= 0.3 is 0 Å². The molecule has 0 unspecified atom stereocenters. The smallest absolute Gasteiger partial charge is 0.228 e. The van der Waals surface area contributed by atoms with Crippen molar-refractivity contribution in [1.82, 2.24) is 15.1 Å². The summed E-state index contributed by atoms with van der Waals surface area (Å²) in [6, 6.07) is 0. The predicted molar refractivity (Wildman–Crippen MR) is 96.5 cm³/mol. The van der Waals surface area contributed by atoms with Crippen molar-refractivity contribution in [2.24, 2.45) is 23.7 Å². The predicted octanol–water partition coefficient (Wildman–Crippen LogP) is 2.80. The fourth-order valence-electron chi connectivity index (χ4n) is 7.31. The van der Waals surface area contributed by atoms with Gasteiger partial charge in [0.25, 0.3) is 0 Å². The minimum atomic E-state index is 0.0754. The van der Waals surface area contributed by atoms with E-state index in [0.29, 0.717) is 17.9 Å². The number of nitrogens with zero attached hydrogens (tertiary/aromatic N) is 2. The first-order chi connectivity index (χ1) is 12.7. The van der Waals surface area contributed by atoms with Gasteiger partial charge in [0.15, 0.2) is 0 Å². The Kier molecular flexibility index (Phi) is 3.36. The first-order valence-electron chi connectivity index (χ1n) is 10.6. The number of fused-ring (bicyclic) bond motifs is 1. The highest BCUT2D eigenvalue weighted by atomic mass is 16.5. The quantitative estimate of drug-likeness (QED) is 0.887. The zero-order valence-corrected chi connectivity index (χ0v) is 15.5. The van der Waals surface area contributed by atoms with Crippen LogP contribution in [0.3, 0.4) is 0 Å². The Morgan fingerprint density at radius 3 is 2.54 bits per heavy atom. The van der Waals surface area contributed by atoms with Gasteiger partial charge in [-0.1, -0.05) is 0 Å². The van der Waals surface area contributed by atoms with Gasteiger partial charge in [-0.2, -0.15) is 5.10 Å².